The number of hydrogen-bond acceptors (Lipinski definition) is 7. The summed E-state index contributed by atoms with van der Waals surface area (Å²) in [5.41, 5.74) is 2.55. The molecule has 13 heteroatoms. The molecule has 6 rings (SSSR count). The van der Waals surface area contributed by atoms with Gasteiger partial charge in [-0.2, -0.15) is 13.2 Å². The van der Waals surface area contributed by atoms with E-state index in [4.69, 9.17) is 9.26 Å². The molecule has 3 heterocycles. The Morgan fingerprint density at radius 1 is 1.18 bits per heavy atom. The van der Waals surface area contributed by atoms with Crippen molar-refractivity contribution in [3.8, 4) is 11.3 Å². The van der Waals surface area contributed by atoms with Gasteiger partial charge in [-0.1, -0.05) is 23.4 Å². The maximum Gasteiger partial charge on any atom is 0.417 e. The molecule has 2 aromatic heterocycles. The minimum Gasteiger partial charge on any atom is -0.467 e. The molecule has 1 atom stereocenters. The van der Waals surface area contributed by atoms with Crippen LogP contribution >= 0.6 is 0 Å². The molecule has 1 saturated carbocycles. The first-order valence-corrected chi connectivity index (χ1v) is 12.2. The lowest BCUT2D eigenvalue weighted by molar-refractivity contribution is -0.143. The molecular weight excluding hydrogens is 537 g/mol. The highest BCUT2D eigenvalue weighted by molar-refractivity contribution is 5.80. The van der Waals surface area contributed by atoms with Crippen LogP contribution in [0, 0.1) is 11.6 Å². The molecule has 1 unspecified atom stereocenters. The average Bonchev–Trinajstić information content (AvgIpc) is 3.54. The van der Waals surface area contributed by atoms with E-state index in [1.165, 1.54) is 52.4 Å². The smallest absolute Gasteiger partial charge is 0.417 e. The molecular formula is C27H20F5N5O3. The van der Waals surface area contributed by atoms with Crippen LogP contribution in [0.25, 0.3) is 17.3 Å². The fourth-order valence-electron chi connectivity index (χ4n) is 4.66. The second-order valence-corrected chi connectivity index (χ2v) is 9.37. The van der Waals surface area contributed by atoms with E-state index >= 15 is 0 Å². The summed E-state index contributed by atoms with van der Waals surface area (Å²) < 4.78 is 81.6. The van der Waals surface area contributed by atoms with Crippen LogP contribution in [0.5, 0.6) is 0 Å². The van der Waals surface area contributed by atoms with E-state index < -0.39 is 35.4 Å². The Kier molecular flexibility index (Phi) is 6.08. The first kappa shape index (κ1) is 25.6. The molecule has 0 radical (unpaired) electrons. The second kappa shape index (κ2) is 9.50. The quantitative estimate of drug-likeness (QED) is 0.220. The fraction of sp³-hybridized carbons (Fsp3) is 0.222. The van der Waals surface area contributed by atoms with Gasteiger partial charge in [0.15, 0.2) is 29.3 Å². The summed E-state index contributed by atoms with van der Waals surface area (Å²) in [6.07, 6.45) is 1.24. The second-order valence-electron chi connectivity index (χ2n) is 9.37. The number of methoxy groups -OCH3 is 1. The first-order valence-electron chi connectivity index (χ1n) is 12.2. The van der Waals surface area contributed by atoms with Crippen molar-refractivity contribution < 1.29 is 36.0 Å². The van der Waals surface area contributed by atoms with Crippen molar-refractivity contribution in [3.63, 3.8) is 0 Å². The number of alkyl halides is 3. The number of carbonyl (C=O) groups excluding carboxylic acids is 1. The third-order valence-electron chi connectivity index (χ3n) is 6.80. The summed E-state index contributed by atoms with van der Waals surface area (Å²) in [7, 11) is 1.15. The van der Waals surface area contributed by atoms with Crippen molar-refractivity contribution in [2.75, 3.05) is 17.5 Å². The molecule has 4 aromatic rings. The summed E-state index contributed by atoms with van der Waals surface area (Å²) in [5.74, 6) is -2.69. The van der Waals surface area contributed by atoms with E-state index in [1.807, 2.05) is 0 Å². The first-order chi connectivity index (χ1) is 19.2. The number of carbonyl (C=O) groups is 1. The number of ether oxygens (including phenoxy) is 1. The zero-order valence-electron chi connectivity index (χ0n) is 20.7. The largest absolute Gasteiger partial charge is 0.467 e. The van der Waals surface area contributed by atoms with E-state index in [0.29, 0.717) is 11.3 Å². The zero-order valence-corrected chi connectivity index (χ0v) is 20.7. The Hall–Kier alpha value is -4.68. The number of halogens is 5. The molecule has 1 aliphatic carbocycles. The maximum absolute atomic E-state index is 14.3. The number of benzene rings is 2. The number of esters is 1. The van der Waals surface area contributed by atoms with E-state index in [9.17, 15) is 26.7 Å². The van der Waals surface area contributed by atoms with Crippen molar-refractivity contribution in [3.05, 3.63) is 89.2 Å². The third-order valence-corrected chi connectivity index (χ3v) is 6.80. The van der Waals surface area contributed by atoms with Crippen LogP contribution in [0.4, 0.5) is 33.5 Å². The van der Waals surface area contributed by atoms with Gasteiger partial charge in [0.05, 0.1) is 24.7 Å². The number of nitrogens with zero attached hydrogens (tertiary/aromatic N) is 4. The molecule has 206 valence electrons. The van der Waals surface area contributed by atoms with Crippen LogP contribution in [0.15, 0.2) is 59.5 Å². The summed E-state index contributed by atoms with van der Waals surface area (Å²) in [6, 6.07) is 7.78. The van der Waals surface area contributed by atoms with Gasteiger partial charge < -0.3 is 13.8 Å². The Bertz CT molecular complexity index is 1640. The molecule has 8 nitrogen and oxygen atoms in total. The van der Waals surface area contributed by atoms with Gasteiger partial charge in [-0.3, -0.25) is 10.4 Å². The van der Waals surface area contributed by atoms with Gasteiger partial charge in [0.2, 0.25) is 0 Å². The number of imidazole rings is 1. The van der Waals surface area contributed by atoms with Gasteiger partial charge in [-0.25, -0.2) is 18.6 Å². The number of aromatic nitrogens is 3. The summed E-state index contributed by atoms with van der Waals surface area (Å²) in [5, 5.41) is 5.05. The Labute approximate surface area is 223 Å². The van der Waals surface area contributed by atoms with Gasteiger partial charge in [0.1, 0.15) is 11.4 Å². The van der Waals surface area contributed by atoms with Crippen LogP contribution in [0.1, 0.15) is 47.4 Å². The van der Waals surface area contributed by atoms with E-state index in [-0.39, 0.29) is 34.4 Å². The van der Waals surface area contributed by atoms with Crippen LogP contribution in [0.2, 0.25) is 0 Å². The molecule has 0 bridgehead atoms. The predicted molar refractivity (Wildman–Crippen MR) is 133 cm³/mol. The van der Waals surface area contributed by atoms with Crippen molar-refractivity contribution in [1.82, 2.24) is 14.7 Å². The minimum absolute atomic E-state index is 0.0894. The van der Waals surface area contributed by atoms with Crippen LogP contribution in [0.3, 0.4) is 0 Å². The molecule has 40 heavy (non-hydrogen) atoms. The number of rotatable bonds is 6. The van der Waals surface area contributed by atoms with Gasteiger partial charge in [0.25, 0.3) is 0 Å². The molecule has 2 aliphatic rings. The highest BCUT2D eigenvalue weighted by atomic mass is 19.4. The summed E-state index contributed by atoms with van der Waals surface area (Å²) in [6.45, 7) is 0. The van der Waals surface area contributed by atoms with Gasteiger partial charge in [0, 0.05) is 17.8 Å². The molecule has 0 saturated heterocycles. The molecule has 0 spiro atoms. The normalized spacial score (nSPS) is 15.5. The van der Waals surface area contributed by atoms with Crippen molar-refractivity contribution in [2.24, 2.45) is 0 Å². The lowest BCUT2D eigenvalue weighted by atomic mass is 9.98. The Balaban J connectivity index is 1.35. The minimum atomic E-state index is -4.63. The van der Waals surface area contributed by atoms with Crippen LogP contribution < -0.4 is 10.4 Å². The van der Waals surface area contributed by atoms with E-state index in [2.05, 4.69) is 15.6 Å². The highest BCUT2D eigenvalue weighted by Gasteiger charge is 2.38. The van der Waals surface area contributed by atoms with Gasteiger partial charge >= 0.3 is 12.1 Å². The number of fused-ring (bicyclic) bond motifs is 1. The number of nitrogens with one attached hydrogen (secondary N) is 1. The molecule has 1 fully saturated rings. The van der Waals surface area contributed by atoms with E-state index in [1.54, 1.807) is 6.07 Å². The van der Waals surface area contributed by atoms with Crippen LogP contribution in [-0.4, -0.2) is 27.8 Å². The maximum atomic E-state index is 14.3. The van der Waals surface area contributed by atoms with Gasteiger partial charge in [-0.05, 0) is 48.6 Å². The number of anilines is 2. The Morgan fingerprint density at radius 2 is 1.98 bits per heavy atom. The van der Waals surface area contributed by atoms with Crippen molar-refractivity contribution in [2.45, 2.75) is 31.0 Å². The van der Waals surface area contributed by atoms with Crippen molar-refractivity contribution in [1.29, 1.82) is 0 Å². The third kappa shape index (κ3) is 4.46. The molecule has 1 aliphatic heterocycles. The number of hydrogen-bond donors (Lipinski definition) is 1. The topological polar surface area (TPSA) is 85.4 Å². The van der Waals surface area contributed by atoms with Crippen molar-refractivity contribution >= 4 is 23.6 Å². The zero-order chi connectivity index (χ0) is 28.2. The lowest BCUT2D eigenvalue weighted by Gasteiger charge is -2.26. The van der Waals surface area contributed by atoms with Gasteiger partial charge in [-0.15, -0.1) is 0 Å². The Morgan fingerprint density at radius 3 is 2.70 bits per heavy atom. The SMILES string of the molecule is COC(=O)C(c1cc(-c2ccc(C3CC3)cc2C(F)(F)F)no1)n1cnc2c1C=CN(c1cccc(F)c1F)N2. The standard InChI is InChI=1S/C27H20F5N5O3/c1-39-26(38)24(36-13-33-25-21(36)9-10-37(34-25)20-4-2-3-18(28)23(20)29)22-12-19(35-40-22)16-8-7-15(14-5-6-14)11-17(16)27(30,31)32/h2-4,7-14,24,34H,5-6H2,1H3. The summed E-state index contributed by atoms with van der Waals surface area (Å²) >= 11 is 0. The fourth-order valence-corrected chi connectivity index (χ4v) is 4.66. The summed E-state index contributed by atoms with van der Waals surface area (Å²) in [4.78, 5) is 17.1. The lowest BCUT2D eigenvalue weighted by Crippen LogP contribution is -2.29. The van der Waals surface area contributed by atoms with E-state index in [0.717, 1.165) is 32.1 Å². The molecule has 2 aromatic carbocycles. The molecule has 0 amide bonds. The van der Waals surface area contributed by atoms with Crippen LogP contribution in [-0.2, 0) is 15.7 Å². The molecule has 1 N–H and O–H groups in total. The number of hydrazine groups is 1. The monoisotopic (exact) mass is 557 g/mol. The highest BCUT2D eigenvalue weighted by Crippen LogP contribution is 2.45. The average molecular weight is 557 g/mol. The predicted octanol–water partition coefficient (Wildman–Crippen LogP) is 6.29.